The Balaban J connectivity index is 2.04. The number of hydrogen-bond donors (Lipinski definition) is 0. The molecule has 0 N–H and O–H groups in total. The van der Waals surface area contributed by atoms with Gasteiger partial charge in [0.2, 0.25) is 0 Å². The summed E-state index contributed by atoms with van der Waals surface area (Å²) >= 11 is 0. The van der Waals surface area contributed by atoms with E-state index in [0.717, 1.165) is 27.8 Å². The molecule has 0 unspecified atom stereocenters. The number of nitrogens with zero attached hydrogens (tertiary/aromatic N) is 2. The molecule has 4 aromatic rings. The summed E-state index contributed by atoms with van der Waals surface area (Å²) in [6, 6.07) is 14.6. The van der Waals surface area contributed by atoms with E-state index in [0.29, 0.717) is 0 Å². The highest BCUT2D eigenvalue weighted by atomic mass is 14.8. The van der Waals surface area contributed by atoms with Gasteiger partial charge in [-0.1, -0.05) is 24.3 Å². The molecule has 2 nitrogen and oxygen atoms in total. The topological polar surface area (TPSA) is 25.8 Å². The largest absolute Gasteiger partial charge is 0.246 e. The molecule has 4 rings (SSSR count). The van der Waals surface area contributed by atoms with Crippen molar-refractivity contribution in [2.75, 3.05) is 0 Å². The van der Waals surface area contributed by atoms with Crippen LogP contribution in [0.5, 0.6) is 0 Å². The van der Waals surface area contributed by atoms with Crippen molar-refractivity contribution in [1.29, 1.82) is 0 Å². The molecule has 0 saturated carbocycles. The third kappa shape index (κ3) is 2.41. The zero-order valence-corrected chi connectivity index (χ0v) is 15.4. The first kappa shape index (κ1) is 15.8. The maximum absolute atomic E-state index is 5.01. The third-order valence-electron chi connectivity index (χ3n) is 5.50. The Kier molecular flexibility index (Phi) is 3.57. The molecule has 0 amide bonds. The first-order valence-electron chi connectivity index (χ1n) is 8.71. The fourth-order valence-corrected chi connectivity index (χ4v) is 3.64. The summed E-state index contributed by atoms with van der Waals surface area (Å²) in [6.45, 7) is 10.9. The van der Waals surface area contributed by atoms with Crippen molar-refractivity contribution in [1.82, 2.24) is 9.97 Å². The molecule has 2 heterocycles. The normalized spacial score (nSPS) is 11.4. The smallest absolute Gasteiger partial charge is 0.0925 e. The Hall–Kier alpha value is -2.74. The second-order valence-corrected chi connectivity index (χ2v) is 6.94. The summed E-state index contributed by atoms with van der Waals surface area (Å²) in [4.78, 5) is 9.87. The van der Waals surface area contributed by atoms with Gasteiger partial charge in [0.25, 0.3) is 0 Å². The van der Waals surface area contributed by atoms with E-state index in [1.807, 2.05) is 12.1 Å². The Morgan fingerprint density at radius 1 is 0.640 bits per heavy atom. The lowest BCUT2D eigenvalue weighted by Gasteiger charge is -2.16. The van der Waals surface area contributed by atoms with E-state index in [1.54, 1.807) is 0 Å². The van der Waals surface area contributed by atoms with E-state index in [4.69, 9.17) is 9.97 Å². The van der Waals surface area contributed by atoms with Crippen LogP contribution in [0.4, 0.5) is 0 Å². The van der Waals surface area contributed by atoms with Crippen LogP contribution in [0, 0.1) is 34.6 Å². The third-order valence-corrected chi connectivity index (χ3v) is 5.50. The summed E-state index contributed by atoms with van der Waals surface area (Å²) in [5.74, 6) is 0. The Morgan fingerprint density at radius 3 is 2.16 bits per heavy atom. The van der Waals surface area contributed by atoms with Crippen LogP contribution in [0.3, 0.4) is 0 Å². The first-order chi connectivity index (χ1) is 12.0. The second-order valence-electron chi connectivity index (χ2n) is 6.94. The van der Waals surface area contributed by atoms with Gasteiger partial charge in [0.1, 0.15) is 0 Å². The number of para-hydroxylation sites is 1. The predicted molar refractivity (Wildman–Crippen MR) is 106 cm³/mol. The van der Waals surface area contributed by atoms with Gasteiger partial charge >= 0.3 is 0 Å². The lowest BCUT2D eigenvalue weighted by molar-refractivity contribution is 1.21. The highest BCUT2D eigenvalue weighted by molar-refractivity contribution is 5.91. The van der Waals surface area contributed by atoms with Crippen molar-refractivity contribution in [2.45, 2.75) is 34.6 Å². The zero-order valence-electron chi connectivity index (χ0n) is 15.4. The summed E-state index contributed by atoms with van der Waals surface area (Å²) < 4.78 is 0. The van der Waals surface area contributed by atoms with Crippen LogP contribution >= 0.6 is 0 Å². The molecule has 0 atom stereocenters. The monoisotopic (exact) mass is 326 g/mol. The molecule has 2 aromatic heterocycles. The van der Waals surface area contributed by atoms with Gasteiger partial charge in [-0.05, 0) is 80.6 Å². The van der Waals surface area contributed by atoms with Crippen LogP contribution in [0.2, 0.25) is 0 Å². The van der Waals surface area contributed by atoms with Gasteiger partial charge in [-0.3, -0.25) is 0 Å². The average molecular weight is 326 g/mol. The van der Waals surface area contributed by atoms with E-state index < -0.39 is 0 Å². The molecule has 0 aliphatic heterocycles. The zero-order chi connectivity index (χ0) is 17.7. The molecule has 0 radical (unpaired) electrons. The second kappa shape index (κ2) is 5.66. The SMILES string of the molecule is Cc1cc2nc(-c3ccc4ccccc4n3)c(C)c(C)c2c(C)c1C. The van der Waals surface area contributed by atoms with Crippen molar-refractivity contribution in [2.24, 2.45) is 0 Å². The number of fused-ring (bicyclic) bond motifs is 2. The van der Waals surface area contributed by atoms with Crippen molar-refractivity contribution >= 4 is 21.8 Å². The molecular formula is C23H22N2. The number of rotatable bonds is 1. The van der Waals surface area contributed by atoms with E-state index >= 15 is 0 Å². The van der Waals surface area contributed by atoms with Crippen molar-refractivity contribution < 1.29 is 0 Å². The molecule has 0 spiro atoms. The summed E-state index contributed by atoms with van der Waals surface area (Å²) in [7, 11) is 0. The van der Waals surface area contributed by atoms with Gasteiger partial charge in [0.15, 0.2) is 0 Å². The molecule has 0 aliphatic rings. The molecule has 0 saturated heterocycles. The lowest BCUT2D eigenvalue weighted by atomic mass is 9.93. The lowest BCUT2D eigenvalue weighted by Crippen LogP contribution is -2.00. The van der Waals surface area contributed by atoms with Gasteiger partial charge in [0, 0.05) is 10.8 Å². The van der Waals surface area contributed by atoms with E-state index in [9.17, 15) is 0 Å². The fraction of sp³-hybridized carbons (Fsp3) is 0.217. The van der Waals surface area contributed by atoms with E-state index in [1.165, 1.54) is 33.2 Å². The van der Waals surface area contributed by atoms with E-state index in [-0.39, 0.29) is 0 Å². The van der Waals surface area contributed by atoms with Gasteiger partial charge in [-0.2, -0.15) is 0 Å². The minimum Gasteiger partial charge on any atom is -0.246 e. The van der Waals surface area contributed by atoms with Gasteiger partial charge in [0.05, 0.1) is 22.4 Å². The molecule has 2 heteroatoms. The molecule has 2 aromatic carbocycles. The number of pyridine rings is 2. The molecule has 124 valence electrons. The average Bonchev–Trinajstić information content (AvgIpc) is 2.62. The fourth-order valence-electron chi connectivity index (χ4n) is 3.64. The molecular weight excluding hydrogens is 304 g/mol. The quantitative estimate of drug-likeness (QED) is 0.429. The Labute approximate surface area is 148 Å². The summed E-state index contributed by atoms with van der Waals surface area (Å²) in [6.07, 6.45) is 0. The molecule has 0 fully saturated rings. The van der Waals surface area contributed by atoms with Crippen molar-refractivity contribution in [3.05, 3.63) is 70.3 Å². The number of aromatic nitrogens is 2. The van der Waals surface area contributed by atoms with Gasteiger partial charge in [-0.25, -0.2) is 9.97 Å². The van der Waals surface area contributed by atoms with Crippen LogP contribution in [0.15, 0.2) is 42.5 Å². The van der Waals surface area contributed by atoms with Crippen molar-refractivity contribution in [3.8, 4) is 11.4 Å². The summed E-state index contributed by atoms with van der Waals surface area (Å²) in [5, 5.41) is 2.44. The molecule has 0 bridgehead atoms. The van der Waals surface area contributed by atoms with E-state index in [2.05, 4.69) is 65.0 Å². The maximum Gasteiger partial charge on any atom is 0.0925 e. The predicted octanol–water partition coefficient (Wildman–Crippen LogP) is 5.99. The van der Waals surface area contributed by atoms with Crippen LogP contribution in [-0.2, 0) is 0 Å². The van der Waals surface area contributed by atoms with Gasteiger partial charge < -0.3 is 0 Å². The first-order valence-corrected chi connectivity index (χ1v) is 8.71. The maximum atomic E-state index is 5.01. The molecule has 0 aliphatic carbocycles. The Morgan fingerprint density at radius 2 is 1.36 bits per heavy atom. The van der Waals surface area contributed by atoms with Crippen molar-refractivity contribution in [3.63, 3.8) is 0 Å². The number of benzene rings is 2. The highest BCUT2D eigenvalue weighted by Gasteiger charge is 2.15. The minimum atomic E-state index is 0.942. The standard InChI is InChI=1S/C23H22N2/c1-13-12-21-22(15(3)14(13)2)16(4)17(5)23(25-21)20-11-10-18-8-6-7-9-19(18)24-20/h6-12H,1-5H3. The van der Waals surface area contributed by atoms with Crippen LogP contribution < -0.4 is 0 Å². The van der Waals surface area contributed by atoms with Crippen LogP contribution in [-0.4, -0.2) is 9.97 Å². The number of aryl methyl sites for hydroxylation is 3. The van der Waals surface area contributed by atoms with Gasteiger partial charge in [-0.15, -0.1) is 0 Å². The molecule has 25 heavy (non-hydrogen) atoms. The summed E-state index contributed by atoms with van der Waals surface area (Å²) in [5.41, 5.74) is 10.5. The Bertz CT molecular complexity index is 1140. The number of hydrogen-bond acceptors (Lipinski definition) is 2. The highest BCUT2D eigenvalue weighted by Crippen LogP contribution is 2.33. The van der Waals surface area contributed by atoms with Crippen LogP contribution in [0.1, 0.15) is 27.8 Å². The minimum absolute atomic E-state index is 0.942. The van der Waals surface area contributed by atoms with Crippen LogP contribution in [0.25, 0.3) is 33.2 Å².